The molecule has 0 aliphatic rings. The Labute approximate surface area is 128 Å². The van der Waals surface area contributed by atoms with Crippen molar-refractivity contribution >= 4 is 11.6 Å². The number of rotatable bonds is 9. The van der Waals surface area contributed by atoms with Crippen molar-refractivity contribution in [3.63, 3.8) is 0 Å². The fourth-order valence-electron chi connectivity index (χ4n) is 2.23. The van der Waals surface area contributed by atoms with Crippen LogP contribution < -0.4 is 10.1 Å². The topological polar surface area (TPSA) is 21.3 Å². The van der Waals surface area contributed by atoms with E-state index in [1.54, 1.807) is 7.11 Å². The monoisotopic (exact) mass is 297 g/mol. The summed E-state index contributed by atoms with van der Waals surface area (Å²) in [5, 5.41) is 4.28. The highest BCUT2D eigenvalue weighted by Gasteiger charge is 2.07. The van der Waals surface area contributed by atoms with Gasteiger partial charge in [0, 0.05) is 5.02 Å². The molecule has 20 heavy (non-hydrogen) atoms. The van der Waals surface area contributed by atoms with Crippen LogP contribution >= 0.6 is 11.6 Å². The molecule has 0 amide bonds. The molecular formula is C17H28ClNO. The van der Waals surface area contributed by atoms with E-state index in [2.05, 4.69) is 26.1 Å². The van der Waals surface area contributed by atoms with Crippen molar-refractivity contribution in [1.29, 1.82) is 0 Å². The fourth-order valence-corrected chi connectivity index (χ4v) is 2.42. The molecule has 0 bridgehead atoms. The lowest BCUT2D eigenvalue weighted by atomic mass is 9.97. The number of halogens is 1. The summed E-state index contributed by atoms with van der Waals surface area (Å²) in [6.07, 6.45) is 3.41. The van der Waals surface area contributed by atoms with Gasteiger partial charge >= 0.3 is 0 Å². The Bertz CT molecular complexity index is 393. The lowest BCUT2D eigenvalue weighted by Crippen LogP contribution is -2.22. The number of methoxy groups -OCH3 is 1. The summed E-state index contributed by atoms with van der Waals surface area (Å²) in [5.74, 6) is 2.37. The van der Waals surface area contributed by atoms with Crippen LogP contribution in [0.3, 0.4) is 0 Å². The quantitative estimate of drug-likeness (QED) is 0.675. The van der Waals surface area contributed by atoms with Crippen molar-refractivity contribution in [1.82, 2.24) is 5.32 Å². The predicted octanol–water partition coefficient (Wildman–Crippen LogP) is 4.55. The van der Waals surface area contributed by atoms with Crippen LogP contribution in [0.4, 0.5) is 0 Å². The molecule has 1 unspecified atom stereocenters. The third kappa shape index (κ3) is 6.62. The minimum absolute atomic E-state index is 0.707. The Hall–Kier alpha value is -0.730. The van der Waals surface area contributed by atoms with Crippen molar-refractivity contribution in [2.45, 2.75) is 40.0 Å². The van der Waals surface area contributed by atoms with Crippen LogP contribution in [0.2, 0.25) is 5.02 Å². The minimum atomic E-state index is 0.707. The van der Waals surface area contributed by atoms with Gasteiger partial charge in [0.1, 0.15) is 5.75 Å². The summed E-state index contributed by atoms with van der Waals surface area (Å²) in [4.78, 5) is 0. The second kappa shape index (κ2) is 9.25. The second-order valence-corrected chi connectivity index (χ2v) is 6.42. The van der Waals surface area contributed by atoms with E-state index in [0.717, 1.165) is 36.2 Å². The van der Waals surface area contributed by atoms with E-state index in [1.165, 1.54) is 18.4 Å². The summed E-state index contributed by atoms with van der Waals surface area (Å²) < 4.78 is 5.39. The van der Waals surface area contributed by atoms with Gasteiger partial charge in [0.2, 0.25) is 0 Å². The summed E-state index contributed by atoms with van der Waals surface area (Å²) in [7, 11) is 1.71. The van der Waals surface area contributed by atoms with Gasteiger partial charge in [0.05, 0.1) is 7.11 Å². The molecule has 1 aromatic rings. The lowest BCUT2D eigenvalue weighted by molar-refractivity contribution is 0.404. The number of aryl methyl sites for hydroxylation is 1. The van der Waals surface area contributed by atoms with Crippen molar-refractivity contribution in [3.8, 4) is 5.75 Å². The third-order valence-corrected chi connectivity index (χ3v) is 3.75. The molecule has 0 radical (unpaired) electrons. The average molecular weight is 298 g/mol. The Kier molecular flexibility index (Phi) is 8.01. The molecule has 1 atom stereocenters. The van der Waals surface area contributed by atoms with E-state index in [9.17, 15) is 0 Å². The second-order valence-electron chi connectivity index (χ2n) is 5.99. The standard InChI is InChI=1S/C17H28ClNO/c1-13(2)12-19-10-9-14(3)5-6-15-11-16(18)7-8-17(15)20-4/h7-8,11,13-14,19H,5-6,9-10,12H2,1-4H3. The highest BCUT2D eigenvalue weighted by molar-refractivity contribution is 6.30. The number of ether oxygens (including phenoxy) is 1. The van der Waals surface area contributed by atoms with E-state index in [0.29, 0.717) is 5.92 Å². The van der Waals surface area contributed by atoms with Gasteiger partial charge < -0.3 is 10.1 Å². The molecule has 0 aliphatic carbocycles. The van der Waals surface area contributed by atoms with Crippen molar-refractivity contribution in [2.75, 3.05) is 20.2 Å². The van der Waals surface area contributed by atoms with Gasteiger partial charge in [-0.2, -0.15) is 0 Å². The molecule has 2 nitrogen and oxygen atoms in total. The summed E-state index contributed by atoms with van der Waals surface area (Å²) in [6, 6.07) is 5.85. The smallest absolute Gasteiger partial charge is 0.122 e. The normalized spacial score (nSPS) is 12.7. The molecule has 0 fully saturated rings. The Balaban J connectivity index is 2.33. The first-order valence-corrected chi connectivity index (χ1v) is 7.93. The Morgan fingerprint density at radius 3 is 2.60 bits per heavy atom. The van der Waals surface area contributed by atoms with Gasteiger partial charge in [0.15, 0.2) is 0 Å². The van der Waals surface area contributed by atoms with Crippen molar-refractivity contribution in [3.05, 3.63) is 28.8 Å². The van der Waals surface area contributed by atoms with Gasteiger partial charge in [-0.1, -0.05) is 32.4 Å². The van der Waals surface area contributed by atoms with Gasteiger partial charge in [-0.15, -0.1) is 0 Å². The zero-order chi connectivity index (χ0) is 15.0. The van der Waals surface area contributed by atoms with Crippen LogP contribution in [0.15, 0.2) is 18.2 Å². The zero-order valence-electron chi connectivity index (χ0n) is 13.2. The van der Waals surface area contributed by atoms with Crippen LogP contribution in [-0.2, 0) is 6.42 Å². The minimum Gasteiger partial charge on any atom is -0.496 e. The first kappa shape index (κ1) is 17.3. The highest BCUT2D eigenvalue weighted by Crippen LogP contribution is 2.25. The maximum Gasteiger partial charge on any atom is 0.122 e. The molecule has 1 N–H and O–H groups in total. The van der Waals surface area contributed by atoms with Crippen LogP contribution in [0.1, 0.15) is 39.2 Å². The molecule has 1 rings (SSSR count). The fraction of sp³-hybridized carbons (Fsp3) is 0.647. The predicted molar refractivity (Wildman–Crippen MR) is 87.8 cm³/mol. The Morgan fingerprint density at radius 2 is 1.95 bits per heavy atom. The molecule has 1 aromatic carbocycles. The number of benzene rings is 1. The molecule has 0 aliphatic heterocycles. The first-order valence-electron chi connectivity index (χ1n) is 7.56. The van der Waals surface area contributed by atoms with Gasteiger partial charge in [-0.25, -0.2) is 0 Å². The van der Waals surface area contributed by atoms with E-state index in [-0.39, 0.29) is 0 Å². The molecule has 0 spiro atoms. The molecule has 0 saturated heterocycles. The van der Waals surface area contributed by atoms with Gasteiger partial charge in [-0.05, 0) is 68.0 Å². The molecule has 0 aromatic heterocycles. The molecule has 114 valence electrons. The average Bonchev–Trinajstić information content (AvgIpc) is 2.41. The molecular weight excluding hydrogens is 270 g/mol. The molecule has 0 saturated carbocycles. The maximum absolute atomic E-state index is 6.06. The molecule has 0 heterocycles. The molecule has 3 heteroatoms. The zero-order valence-corrected chi connectivity index (χ0v) is 14.0. The Morgan fingerprint density at radius 1 is 1.20 bits per heavy atom. The number of hydrogen-bond acceptors (Lipinski definition) is 2. The highest BCUT2D eigenvalue weighted by atomic mass is 35.5. The van der Waals surface area contributed by atoms with Crippen LogP contribution in [0.25, 0.3) is 0 Å². The largest absolute Gasteiger partial charge is 0.496 e. The van der Waals surface area contributed by atoms with Gasteiger partial charge in [-0.3, -0.25) is 0 Å². The SMILES string of the molecule is COc1ccc(Cl)cc1CCC(C)CCNCC(C)C. The number of hydrogen-bond donors (Lipinski definition) is 1. The van der Waals surface area contributed by atoms with E-state index < -0.39 is 0 Å². The van der Waals surface area contributed by atoms with E-state index in [1.807, 2.05) is 18.2 Å². The summed E-state index contributed by atoms with van der Waals surface area (Å²) in [5.41, 5.74) is 1.21. The first-order chi connectivity index (χ1) is 9.52. The van der Waals surface area contributed by atoms with Crippen LogP contribution in [0.5, 0.6) is 5.75 Å². The van der Waals surface area contributed by atoms with Crippen molar-refractivity contribution in [2.24, 2.45) is 11.8 Å². The van der Waals surface area contributed by atoms with Crippen LogP contribution in [0, 0.1) is 11.8 Å². The number of nitrogens with one attached hydrogen (secondary N) is 1. The maximum atomic E-state index is 6.06. The van der Waals surface area contributed by atoms with E-state index in [4.69, 9.17) is 16.3 Å². The summed E-state index contributed by atoms with van der Waals surface area (Å²) >= 11 is 6.06. The third-order valence-electron chi connectivity index (χ3n) is 3.52. The van der Waals surface area contributed by atoms with Crippen LogP contribution in [-0.4, -0.2) is 20.2 Å². The summed E-state index contributed by atoms with van der Waals surface area (Å²) in [6.45, 7) is 9.00. The van der Waals surface area contributed by atoms with Gasteiger partial charge in [0.25, 0.3) is 0 Å². The lowest BCUT2D eigenvalue weighted by Gasteiger charge is -2.14. The van der Waals surface area contributed by atoms with Crippen molar-refractivity contribution < 1.29 is 4.74 Å². The van der Waals surface area contributed by atoms with E-state index >= 15 is 0 Å².